The van der Waals surface area contributed by atoms with Crippen LogP contribution in [0.5, 0.6) is 0 Å². The van der Waals surface area contributed by atoms with Crippen molar-refractivity contribution in [3.05, 3.63) is 16.1 Å². The third-order valence-electron chi connectivity index (χ3n) is 3.87. The maximum Gasteiger partial charge on any atom is 0.233 e. The molecule has 0 atom stereocenters. The molecule has 1 aromatic rings. The molecule has 24 heavy (non-hydrogen) atoms. The first-order valence-electron chi connectivity index (χ1n) is 7.92. The molecule has 0 aromatic carbocycles. The monoisotopic (exact) mass is 466 g/mol. The zero-order valence-electron chi connectivity index (χ0n) is 14.5. The first-order valence-corrected chi connectivity index (χ1v) is 8.73. The van der Waals surface area contributed by atoms with Crippen LogP contribution in [0, 0.1) is 6.92 Å². The van der Waals surface area contributed by atoms with E-state index in [4.69, 9.17) is 0 Å². The maximum atomic E-state index is 11.4. The van der Waals surface area contributed by atoms with Gasteiger partial charge in [0, 0.05) is 44.3 Å². The lowest BCUT2D eigenvalue weighted by Gasteiger charge is -2.32. The fraction of sp³-hybridized carbons (Fsp3) is 0.667. The largest absolute Gasteiger partial charge is 0.358 e. The molecule has 3 N–H and O–H groups in total. The van der Waals surface area contributed by atoms with Gasteiger partial charge in [-0.15, -0.1) is 35.3 Å². The third kappa shape index (κ3) is 6.89. The van der Waals surface area contributed by atoms with E-state index in [0.717, 1.165) is 36.9 Å². The average Bonchev–Trinajstić information content (AvgIpc) is 2.98. The Bertz CT molecular complexity index is 542. The van der Waals surface area contributed by atoms with Crippen molar-refractivity contribution < 1.29 is 4.79 Å². The van der Waals surface area contributed by atoms with Crippen LogP contribution in [0.4, 0.5) is 0 Å². The first kappa shape index (κ1) is 21.1. The summed E-state index contributed by atoms with van der Waals surface area (Å²) < 4.78 is 0. The molecule has 0 saturated carbocycles. The number of likely N-dealkylation sites (tertiary alicyclic amines) is 1. The first-order chi connectivity index (χ1) is 11.1. The quantitative estimate of drug-likeness (QED) is 0.342. The van der Waals surface area contributed by atoms with Gasteiger partial charge in [-0.3, -0.25) is 14.7 Å². The fourth-order valence-electron chi connectivity index (χ4n) is 2.55. The number of aryl methyl sites for hydroxylation is 1. The number of aromatic nitrogens is 1. The second-order valence-electron chi connectivity index (χ2n) is 5.66. The minimum absolute atomic E-state index is 0. The van der Waals surface area contributed by atoms with Gasteiger partial charge in [-0.05, 0) is 19.8 Å². The summed E-state index contributed by atoms with van der Waals surface area (Å²) in [6.07, 6.45) is 3.90. The molecule has 136 valence electrons. The van der Waals surface area contributed by atoms with Crippen LogP contribution in [0.25, 0.3) is 0 Å². The Balaban J connectivity index is 0.00000288. The Morgan fingerprint density at radius 2 is 2.17 bits per heavy atom. The van der Waals surface area contributed by atoms with Crippen molar-refractivity contribution in [3.63, 3.8) is 0 Å². The summed E-state index contributed by atoms with van der Waals surface area (Å²) >= 11 is 1.69. The standard InChI is InChI=1S/C15H26N6OS.HI/c1-11-8-18-14(23-11)9-19-15(17-3)20-12-4-6-21(7-5-12)10-13(22)16-2;/h8,12H,4-7,9-10H2,1-3H3,(H,16,22)(H2,17,19,20);1H. The van der Waals surface area contributed by atoms with Crippen LogP contribution in [0.15, 0.2) is 11.2 Å². The highest BCUT2D eigenvalue weighted by atomic mass is 127. The highest BCUT2D eigenvalue weighted by Gasteiger charge is 2.21. The Kier molecular flexibility index (Phi) is 9.52. The molecule has 9 heteroatoms. The average molecular weight is 466 g/mol. The zero-order valence-corrected chi connectivity index (χ0v) is 17.6. The lowest BCUT2D eigenvalue weighted by atomic mass is 10.1. The lowest BCUT2D eigenvalue weighted by molar-refractivity contribution is -0.122. The number of thiazole rings is 1. The second kappa shape index (κ2) is 10.8. The Labute approximate surface area is 164 Å². The molecule has 2 heterocycles. The van der Waals surface area contributed by atoms with Crippen molar-refractivity contribution in [3.8, 4) is 0 Å². The summed E-state index contributed by atoms with van der Waals surface area (Å²) in [6.45, 7) is 5.08. The van der Waals surface area contributed by atoms with E-state index < -0.39 is 0 Å². The molecule has 0 bridgehead atoms. The lowest BCUT2D eigenvalue weighted by Crippen LogP contribution is -2.49. The minimum atomic E-state index is 0. The molecule has 1 aromatic heterocycles. The van der Waals surface area contributed by atoms with Gasteiger partial charge in [0.25, 0.3) is 0 Å². The minimum Gasteiger partial charge on any atom is -0.358 e. The van der Waals surface area contributed by atoms with Crippen LogP contribution < -0.4 is 16.0 Å². The predicted octanol–water partition coefficient (Wildman–Crippen LogP) is 0.945. The van der Waals surface area contributed by atoms with E-state index in [9.17, 15) is 4.79 Å². The Hall–Kier alpha value is -0.940. The van der Waals surface area contributed by atoms with Crippen molar-refractivity contribution in [2.75, 3.05) is 33.7 Å². The molecule has 1 saturated heterocycles. The van der Waals surface area contributed by atoms with Crippen molar-refractivity contribution in [2.24, 2.45) is 4.99 Å². The summed E-state index contributed by atoms with van der Waals surface area (Å²) in [5.41, 5.74) is 0. The van der Waals surface area contributed by atoms with Gasteiger partial charge in [0.1, 0.15) is 5.01 Å². The van der Waals surface area contributed by atoms with E-state index in [-0.39, 0.29) is 29.9 Å². The van der Waals surface area contributed by atoms with E-state index in [0.29, 0.717) is 19.1 Å². The van der Waals surface area contributed by atoms with Gasteiger partial charge < -0.3 is 16.0 Å². The topological polar surface area (TPSA) is 81.7 Å². The van der Waals surface area contributed by atoms with Gasteiger partial charge in [-0.25, -0.2) is 4.98 Å². The normalized spacial score (nSPS) is 16.4. The van der Waals surface area contributed by atoms with Gasteiger partial charge in [-0.2, -0.15) is 0 Å². The molecule has 1 amide bonds. The number of carbonyl (C=O) groups is 1. The number of carbonyl (C=O) groups excluding carboxylic acids is 1. The van der Waals surface area contributed by atoms with Gasteiger partial charge in [0.15, 0.2) is 5.96 Å². The van der Waals surface area contributed by atoms with Crippen molar-refractivity contribution >= 4 is 47.2 Å². The van der Waals surface area contributed by atoms with Crippen LogP contribution in [0.2, 0.25) is 0 Å². The van der Waals surface area contributed by atoms with E-state index in [1.807, 2.05) is 6.20 Å². The fourth-order valence-corrected chi connectivity index (χ4v) is 3.27. The molecule has 0 spiro atoms. The number of nitrogens with one attached hydrogen (secondary N) is 3. The molecular weight excluding hydrogens is 439 g/mol. The predicted molar refractivity (Wildman–Crippen MR) is 109 cm³/mol. The number of likely N-dealkylation sites (N-methyl/N-ethyl adjacent to an activating group) is 1. The van der Waals surface area contributed by atoms with E-state index in [1.54, 1.807) is 25.4 Å². The highest BCUT2D eigenvalue weighted by molar-refractivity contribution is 14.0. The SMILES string of the molecule is CN=C(NCc1ncc(C)s1)NC1CCN(CC(=O)NC)CC1.I. The van der Waals surface area contributed by atoms with E-state index in [1.165, 1.54) is 4.88 Å². The second-order valence-corrected chi connectivity index (χ2v) is 6.98. The molecule has 0 radical (unpaired) electrons. The van der Waals surface area contributed by atoms with Crippen molar-refractivity contribution in [1.29, 1.82) is 0 Å². The number of halogens is 1. The number of guanidine groups is 1. The van der Waals surface area contributed by atoms with E-state index >= 15 is 0 Å². The van der Waals surface area contributed by atoms with Gasteiger partial charge in [0.05, 0.1) is 13.1 Å². The number of piperidine rings is 1. The molecule has 1 aliphatic rings. The summed E-state index contributed by atoms with van der Waals surface area (Å²) in [6, 6.07) is 0.389. The van der Waals surface area contributed by atoms with Crippen LogP contribution in [-0.4, -0.2) is 61.5 Å². The Morgan fingerprint density at radius 3 is 2.71 bits per heavy atom. The molecular formula is C15H27IN6OS. The third-order valence-corrected chi connectivity index (χ3v) is 4.79. The number of amides is 1. The van der Waals surface area contributed by atoms with Gasteiger partial charge >= 0.3 is 0 Å². The van der Waals surface area contributed by atoms with Crippen LogP contribution in [0.3, 0.4) is 0 Å². The number of hydrogen-bond donors (Lipinski definition) is 3. The number of aliphatic imine (C=N–C) groups is 1. The highest BCUT2D eigenvalue weighted by Crippen LogP contribution is 2.11. The van der Waals surface area contributed by atoms with E-state index in [2.05, 4.69) is 37.8 Å². The number of rotatable bonds is 5. The smallest absolute Gasteiger partial charge is 0.233 e. The molecule has 0 aliphatic carbocycles. The maximum absolute atomic E-state index is 11.4. The number of nitrogens with zero attached hydrogens (tertiary/aromatic N) is 3. The van der Waals surface area contributed by atoms with Gasteiger partial charge in [-0.1, -0.05) is 0 Å². The molecule has 0 unspecified atom stereocenters. The zero-order chi connectivity index (χ0) is 16.7. The Morgan fingerprint density at radius 1 is 1.46 bits per heavy atom. The number of hydrogen-bond acceptors (Lipinski definition) is 5. The summed E-state index contributed by atoms with van der Waals surface area (Å²) in [7, 11) is 3.46. The van der Waals surface area contributed by atoms with Crippen molar-refractivity contribution in [1.82, 2.24) is 25.8 Å². The summed E-state index contributed by atoms with van der Waals surface area (Å²) in [4.78, 5) is 23.4. The summed E-state index contributed by atoms with van der Waals surface area (Å²) in [5.74, 6) is 0.884. The molecule has 1 aliphatic heterocycles. The van der Waals surface area contributed by atoms with Crippen LogP contribution >= 0.6 is 35.3 Å². The van der Waals surface area contributed by atoms with Crippen LogP contribution in [0.1, 0.15) is 22.7 Å². The van der Waals surface area contributed by atoms with Gasteiger partial charge in [0.2, 0.25) is 5.91 Å². The molecule has 1 fully saturated rings. The summed E-state index contributed by atoms with van der Waals surface area (Å²) in [5, 5.41) is 10.5. The molecule has 7 nitrogen and oxygen atoms in total. The molecule has 2 rings (SSSR count). The van der Waals surface area contributed by atoms with Crippen LogP contribution in [-0.2, 0) is 11.3 Å². The van der Waals surface area contributed by atoms with Crippen molar-refractivity contribution in [2.45, 2.75) is 32.4 Å².